The Bertz CT molecular complexity index is 312. The Morgan fingerprint density at radius 1 is 0.933 bits per heavy atom. The molecule has 0 spiro atoms. The van der Waals surface area contributed by atoms with E-state index in [0.717, 1.165) is 16.9 Å². The van der Waals surface area contributed by atoms with E-state index in [0.29, 0.717) is 0 Å². The van der Waals surface area contributed by atoms with Crippen LogP contribution in [0.25, 0.3) is 0 Å². The van der Waals surface area contributed by atoms with Gasteiger partial charge in [-0.15, -0.1) is 0 Å². The maximum absolute atomic E-state index is 5.65. The maximum atomic E-state index is 5.65. The van der Waals surface area contributed by atoms with Gasteiger partial charge in [0.25, 0.3) is 0 Å². The fraction of sp³-hybridized carbons (Fsp3) is 0.455. The van der Waals surface area contributed by atoms with Crippen molar-refractivity contribution in [1.82, 2.24) is 0 Å². The summed E-state index contributed by atoms with van der Waals surface area (Å²) in [7, 11) is 1.88. The van der Waals surface area contributed by atoms with Gasteiger partial charge in [-0.3, -0.25) is 0 Å². The third-order valence-electron chi connectivity index (χ3n) is 2.07. The van der Waals surface area contributed by atoms with Crippen LogP contribution in [0.2, 0.25) is 0 Å². The van der Waals surface area contributed by atoms with Gasteiger partial charge in [0.1, 0.15) is 5.75 Å². The smallest absolute Gasteiger partial charge is 0.396 e. The minimum Gasteiger partial charge on any atom is -0.426 e. The largest absolute Gasteiger partial charge is 0.426 e. The summed E-state index contributed by atoms with van der Waals surface area (Å²) < 4.78 is 15.8. The summed E-state index contributed by atoms with van der Waals surface area (Å²) in [5.41, 5.74) is 3.44. The van der Waals surface area contributed by atoms with Crippen molar-refractivity contribution in [3.63, 3.8) is 0 Å². The monoisotopic (exact) mass is 228 g/mol. The number of benzene rings is 1. The topological polar surface area (TPSA) is 27.7 Å². The van der Waals surface area contributed by atoms with E-state index < -0.39 is 8.60 Å². The van der Waals surface area contributed by atoms with Crippen molar-refractivity contribution in [2.45, 2.75) is 20.8 Å². The van der Waals surface area contributed by atoms with Crippen LogP contribution in [0.4, 0.5) is 0 Å². The molecule has 0 N–H and O–H groups in total. The van der Waals surface area contributed by atoms with Crippen LogP contribution >= 0.6 is 8.60 Å². The molecule has 0 unspecified atom stereocenters. The van der Waals surface area contributed by atoms with Crippen molar-refractivity contribution in [2.75, 3.05) is 14.2 Å². The Morgan fingerprint density at radius 3 is 1.80 bits per heavy atom. The lowest BCUT2D eigenvalue weighted by Crippen LogP contribution is -1.96. The van der Waals surface area contributed by atoms with Gasteiger partial charge >= 0.3 is 8.60 Å². The molecule has 0 fully saturated rings. The summed E-state index contributed by atoms with van der Waals surface area (Å²) in [4.78, 5) is 0. The van der Waals surface area contributed by atoms with Crippen molar-refractivity contribution in [1.29, 1.82) is 0 Å². The number of hydrogen-bond acceptors (Lipinski definition) is 3. The van der Waals surface area contributed by atoms with E-state index in [9.17, 15) is 0 Å². The van der Waals surface area contributed by atoms with E-state index in [-0.39, 0.29) is 0 Å². The van der Waals surface area contributed by atoms with Crippen molar-refractivity contribution >= 4 is 8.60 Å². The highest BCUT2D eigenvalue weighted by atomic mass is 31.2. The van der Waals surface area contributed by atoms with Crippen LogP contribution in [0.3, 0.4) is 0 Å². The minimum absolute atomic E-state index is 0.857. The van der Waals surface area contributed by atoms with Crippen LogP contribution in [-0.2, 0) is 9.05 Å². The zero-order valence-electron chi connectivity index (χ0n) is 9.83. The molecule has 3 nitrogen and oxygen atoms in total. The average Bonchev–Trinajstić information content (AvgIpc) is 2.17. The second-order valence-corrected chi connectivity index (χ2v) is 4.77. The van der Waals surface area contributed by atoms with E-state index in [2.05, 4.69) is 19.1 Å². The zero-order valence-corrected chi connectivity index (χ0v) is 10.7. The first-order chi connectivity index (χ1) is 7.08. The lowest BCUT2D eigenvalue weighted by atomic mass is 10.1. The van der Waals surface area contributed by atoms with Crippen LogP contribution in [0.15, 0.2) is 12.1 Å². The Balaban J connectivity index is 2.94. The third kappa shape index (κ3) is 3.16. The van der Waals surface area contributed by atoms with Crippen LogP contribution < -0.4 is 4.52 Å². The van der Waals surface area contributed by atoms with E-state index in [1.54, 1.807) is 14.2 Å². The fourth-order valence-electron chi connectivity index (χ4n) is 1.53. The van der Waals surface area contributed by atoms with Crippen molar-refractivity contribution in [3.8, 4) is 5.75 Å². The Morgan fingerprint density at radius 2 is 1.40 bits per heavy atom. The van der Waals surface area contributed by atoms with Crippen LogP contribution in [0, 0.1) is 20.8 Å². The molecule has 0 atom stereocenters. The highest BCUT2D eigenvalue weighted by Gasteiger charge is 2.14. The molecule has 0 aliphatic rings. The quantitative estimate of drug-likeness (QED) is 0.738. The second kappa shape index (κ2) is 5.45. The van der Waals surface area contributed by atoms with E-state index in [1.807, 2.05) is 13.8 Å². The molecule has 0 bridgehead atoms. The summed E-state index contributed by atoms with van der Waals surface area (Å²) >= 11 is 0. The molecule has 0 radical (unpaired) electrons. The Kier molecular flexibility index (Phi) is 4.52. The average molecular weight is 228 g/mol. The molecule has 4 heteroatoms. The van der Waals surface area contributed by atoms with Gasteiger partial charge in [-0.1, -0.05) is 17.7 Å². The van der Waals surface area contributed by atoms with Gasteiger partial charge in [0.15, 0.2) is 0 Å². The first-order valence-electron chi connectivity index (χ1n) is 4.72. The molecule has 0 aliphatic carbocycles. The summed E-state index contributed by atoms with van der Waals surface area (Å²) in [6.07, 6.45) is 0. The Labute approximate surface area is 92.4 Å². The van der Waals surface area contributed by atoms with Crippen LogP contribution in [0.1, 0.15) is 16.7 Å². The molecule has 0 saturated heterocycles. The minimum atomic E-state index is -1.27. The van der Waals surface area contributed by atoms with E-state index in [4.69, 9.17) is 13.6 Å². The molecule has 0 saturated carbocycles. The lowest BCUT2D eigenvalue weighted by molar-refractivity contribution is 0.276. The number of hydrogen-bond donors (Lipinski definition) is 0. The fourth-order valence-corrected chi connectivity index (χ4v) is 2.27. The van der Waals surface area contributed by atoms with Gasteiger partial charge in [-0.25, -0.2) is 0 Å². The van der Waals surface area contributed by atoms with Gasteiger partial charge in [0.05, 0.1) is 0 Å². The maximum Gasteiger partial charge on any atom is 0.396 e. The molecule has 1 aromatic rings. The third-order valence-corrected chi connectivity index (χ3v) is 3.00. The van der Waals surface area contributed by atoms with Crippen LogP contribution in [0.5, 0.6) is 5.75 Å². The van der Waals surface area contributed by atoms with Gasteiger partial charge in [-0.05, 0) is 31.9 Å². The van der Waals surface area contributed by atoms with Crippen molar-refractivity contribution in [3.05, 3.63) is 28.8 Å². The second-order valence-electron chi connectivity index (χ2n) is 3.41. The molecule has 0 amide bonds. The van der Waals surface area contributed by atoms with Gasteiger partial charge < -0.3 is 13.6 Å². The van der Waals surface area contributed by atoms with Gasteiger partial charge in [0, 0.05) is 14.2 Å². The predicted octanol–water partition coefficient (Wildman–Crippen LogP) is 3.51. The molecular weight excluding hydrogens is 211 g/mol. The first-order valence-corrected chi connectivity index (χ1v) is 5.82. The molecule has 0 aromatic heterocycles. The molecule has 84 valence electrons. The van der Waals surface area contributed by atoms with Crippen molar-refractivity contribution in [2.24, 2.45) is 0 Å². The summed E-state index contributed by atoms with van der Waals surface area (Å²) in [6, 6.07) is 4.17. The van der Waals surface area contributed by atoms with E-state index >= 15 is 0 Å². The molecule has 1 aromatic carbocycles. The normalized spacial score (nSPS) is 10.8. The molecule has 0 aliphatic heterocycles. The van der Waals surface area contributed by atoms with Crippen molar-refractivity contribution < 1.29 is 13.6 Å². The SMILES string of the molecule is COP(OC)Oc1c(C)cc(C)cc1C. The van der Waals surface area contributed by atoms with Gasteiger partial charge in [0.2, 0.25) is 0 Å². The first kappa shape index (κ1) is 12.4. The van der Waals surface area contributed by atoms with Crippen LogP contribution in [-0.4, -0.2) is 14.2 Å². The number of aryl methyl sites for hydroxylation is 3. The molecule has 15 heavy (non-hydrogen) atoms. The highest BCUT2D eigenvalue weighted by molar-refractivity contribution is 7.42. The molecular formula is C11H17O3P. The standard InChI is InChI=1S/C11H17O3P/c1-8-6-9(2)11(10(3)7-8)14-15(12-4)13-5/h6-7H,1-5H3. The number of rotatable bonds is 4. The highest BCUT2D eigenvalue weighted by Crippen LogP contribution is 2.41. The van der Waals surface area contributed by atoms with Gasteiger partial charge in [-0.2, -0.15) is 0 Å². The zero-order chi connectivity index (χ0) is 11.4. The summed E-state index contributed by atoms with van der Waals surface area (Å²) in [6.45, 7) is 6.11. The molecule has 1 rings (SSSR count). The summed E-state index contributed by atoms with van der Waals surface area (Å²) in [5, 5.41) is 0. The van der Waals surface area contributed by atoms with E-state index in [1.165, 1.54) is 5.56 Å². The molecule has 0 heterocycles. The lowest BCUT2D eigenvalue weighted by Gasteiger charge is -2.16. The Hall–Kier alpha value is -0.630. The summed E-state index contributed by atoms with van der Waals surface area (Å²) in [5.74, 6) is 0.857. The predicted molar refractivity (Wildman–Crippen MR) is 62.2 cm³/mol.